The first-order chi connectivity index (χ1) is 8.34. The summed E-state index contributed by atoms with van der Waals surface area (Å²) in [4.78, 5) is 8.08. The molecule has 1 aliphatic rings. The summed E-state index contributed by atoms with van der Waals surface area (Å²) in [5, 5.41) is 0. The third-order valence-corrected chi connectivity index (χ3v) is 3.58. The zero-order valence-electron chi connectivity index (χ0n) is 9.64. The van der Waals surface area contributed by atoms with Gasteiger partial charge in [-0.15, -0.1) is 0 Å². The number of aromatic nitrogens is 3. The Labute approximate surface area is 98.8 Å². The molecule has 0 radical (unpaired) electrons. The van der Waals surface area contributed by atoms with E-state index in [2.05, 4.69) is 51.6 Å². The number of nitrogens with one attached hydrogen (secondary N) is 1. The summed E-state index contributed by atoms with van der Waals surface area (Å²) in [6.07, 6.45) is 5.55. The van der Waals surface area contributed by atoms with Gasteiger partial charge in [-0.2, -0.15) is 0 Å². The molecule has 0 amide bonds. The Morgan fingerprint density at radius 3 is 3.18 bits per heavy atom. The first-order valence-electron chi connectivity index (χ1n) is 6.00. The number of nitrogens with zero attached hydrogens (tertiary/aromatic N) is 2. The van der Waals surface area contributed by atoms with Crippen LogP contribution >= 0.6 is 0 Å². The Morgan fingerprint density at radius 2 is 2.24 bits per heavy atom. The van der Waals surface area contributed by atoms with Crippen LogP contribution in [0.5, 0.6) is 0 Å². The lowest BCUT2D eigenvalue weighted by molar-refractivity contribution is 0.746. The lowest BCUT2D eigenvalue weighted by Crippen LogP contribution is -2.00. The molecule has 1 N–H and O–H groups in total. The fourth-order valence-corrected chi connectivity index (χ4v) is 2.70. The highest BCUT2D eigenvalue weighted by Crippen LogP contribution is 2.31. The number of imidazole rings is 2. The highest BCUT2D eigenvalue weighted by Gasteiger charge is 2.19. The van der Waals surface area contributed by atoms with E-state index in [0.29, 0.717) is 5.92 Å². The second kappa shape index (κ2) is 3.00. The van der Waals surface area contributed by atoms with E-state index in [9.17, 15) is 0 Å². The molecule has 2 heterocycles. The van der Waals surface area contributed by atoms with Gasteiger partial charge in [-0.3, -0.25) is 4.40 Å². The summed E-state index contributed by atoms with van der Waals surface area (Å²) in [6, 6.07) is 8.26. The molecule has 0 spiro atoms. The number of para-hydroxylation sites is 2. The van der Waals surface area contributed by atoms with Gasteiger partial charge in [0.05, 0.1) is 16.7 Å². The summed E-state index contributed by atoms with van der Waals surface area (Å²) in [6.45, 7) is 2.25. The second-order valence-electron chi connectivity index (χ2n) is 4.72. The van der Waals surface area contributed by atoms with Crippen molar-refractivity contribution in [3.05, 3.63) is 41.7 Å². The summed E-state index contributed by atoms with van der Waals surface area (Å²) in [7, 11) is 0. The number of allylic oxidation sites excluding steroid dienone is 1. The van der Waals surface area contributed by atoms with Crippen molar-refractivity contribution in [3.63, 3.8) is 0 Å². The number of H-pyrrole nitrogens is 1. The summed E-state index contributed by atoms with van der Waals surface area (Å²) in [5.41, 5.74) is 4.79. The Bertz CT molecular complexity index is 745. The average molecular weight is 223 g/mol. The molecule has 2 aromatic heterocycles. The number of aromatic amines is 1. The largest absolute Gasteiger partial charge is 0.327 e. The van der Waals surface area contributed by atoms with Crippen LogP contribution in [-0.2, 0) is 0 Å². The highest BCUT2D eigenvalue weighted by atomic mass is 15.1. The number of hydrogen-bond acceptors (Lipinski definition) is 1. The number of fused-ring (bicyclic) bond motifs is 5. The molecule has 1 unspecified atom stereocenters. The minimum absolute atomic E-state index is 0.551. The van der Waals surface area contributed by atoms with Crippen LogP contribution < -0.4 is 0 Å². The zero-order chi connectivity index (χ0) is 11.4. The van der Waals surface area contributed by atoms with E-state index in [-0.39, 0.29) is 0 Å². The Balaban J connectivity index is 2.20. The molecule has 17 heavy (non-hydrogen) atoms. The second-order valence-corrected chi connectivity index (χ2v) is 4.72. The van der Waals surface area contributed by atoms with E-state index in [1.807, 2.05) is 6.07 Å². The van der Waals surface area contributed by atoms with Crippen molar-refractivity contribution in [3.8, 4) is 0 Å². The molecule has 0 aliphatic heterocycles. The standard InChI is InChI=1S/C14H13N3/c1-9-5-4-8-12-13(9)16-14-15-10-6-2-3-7-11(10)17(12)14/h2-4,6-9H,5H2,1H3,(H,15,16). The van der Waals surface area contributed by atoms with Crippen molar-refractivity contribution in [1.29, 1.82) is 0 Å². The fourth-order valence-electron chi connectivity index (χ4n) is 2.70. The molecule has 3 aromatic rings. The van der Waals surface area contributed by atoms with Crippen molar-refractivity contribution >= 4 is 22.9 Å². The van der Waals surface area contributed by atoms with Crippen molar-refractivity contribution in [2.75, 3.05) is 0 Å². The van der Waals surface area contributed by atoms with Crippen LogP contribution in [0.25, 0.3) is 22.9 Å². The molecule has 3 heteroatoms. The molecule has 0 saturated heterocycles. The monoisotopic (exact) mass is 223 g/mol. The quantitative estimate of drug-likeness (QED) is 0.623. The summed E-state index contributed by atoms with van der Waals surface area (Å²) in [5.74, 6) is 1.50. The molecule has 0 saturated carbocycles. The van der Waals surface area contributed by atoms with Crippen molar-refractivity contribution < 1.29 is 0 Å². The van der Waals surface area contributed by atoms with E-state index in [1.54, 1.807) is 0 Å². The molecule has 4 rings (SSSR count). The van der Waals surface area contributed by atoms with E-state index < -0.39 is 0 Å². The van der Waals surface area contributed by atoms with E-state index in [4.69, 9.17) is 0 Å². The minimum Gasteiger partial charge on any atom is -0.327 e. The van der Waals surface area contributed by atoms with Crippen molar-refractivity contribution in [1.82, 2.24) is 14.4 Å². The highest BCUT2D eigenvalue weighted by molar-refractivity contribution is 5.81. The lowest BCUT2D eigenvalue weighted by Gasteiger charge is -2.12. The molecule has 1 aromatic carbocycles. The molecular formula is C14H13N3. The number of benzene rings is 1. The lowest BCUT2D eigenvalue weighted by atomic mass is 9.97. The van der Waals surface area contributed by atoms with Gasteiger partial charge in [0.25, 0.3) is 0 Å². The van der Waals surface area contributed by atoms with Crippen LogP contribution in [0.1, 0.15) is 30.7 Å². The average Bonchev–Trinajstić information content (AvgIpc) is 2.85. The molecule has 1 atom stereocenters. The number of hydrogen-bond donors (Lipinski definition) is 1. The van der Waals surface area contributed by atoms with Crippen LogP contribution in [0.15, 0.2) is 30.3 Å². The van der Waals surface area contributed by atoms with Gasteiger partial charge in [0.15, 0.2) is 0 Å². The van der Waals surface area contributed by atoms with Crippen molar-refractivity contribution in [2.24, 2.45) is 0 Å². The van der Waals surface area contributed by atoms with Crippen LogP contribution in [0.3, 0.4) is 0 Å². The first kappa shape index (κ1) is 9.05. The number of rotatable bonds is 0. The first-order valence-corrected chi connectivity index (χ1v) is 6.00. The van der Waals surface area contributed by atoms with Gasteiger partial charge in [-0.05, 0) is 24.6 Å². The maximum atomic E-state index is 4.63. The summed E-state index contributed by atoms with van der Waals surface area (Å²) < 4.78 is 2.22. The normalized spacial score (nSPS) is 19.0. The zero-order valence-corrected chi connectivity index (χ0v) is 9.64. The van der Waals surface area contributed by atoms with E-state index in [0.717, 1.165) is 17.7 Å². The van der Waals surface area contributed by atoms with E-state index in [1.165, 1.54) is 16.9 Å². The van der Waals surface area contributed by atoms with Crippen LogP contribution in [0, 0.1) is 0 Å². The third kappa shape index (κ3) is 1.08. The van der Waals surface area contributed by atoms with Gasteiger partial charge < -0.3 is 4.98 Å². The fraction of sp³-hybridized carbons (Fsp3) is 0.214. The van der Waals surface area contributed by atoms with Gasteiger partial charge in [-0.1, -0.05) is 25.1 Å². The summed E-state index contributed by atoms with van der Waals surface area (Å²) >= 11 is 0. The maximum absolute atomic E-state index is 4.63. The predicted molar refractivity (Wildman–Crippen MR) is 69.1 cm³/mol. The molecular weight excluding hydrogens is 210 g/mol. The maximum Gasteiger partial charge on any atom is 0.213 e. The molecule has 1 aliphatic carbocycles. The van der Waals surface area contributed by atoms with E-state index >= 15 is 0 Å². The minimum atomic E-state index is 0.551. The van der Waals surface area contributed by atoms with Gasteiger partial charge in [0, 0.05) is 11.6 Å². The van der Waals surface area contributed by atoms with Crippen LogP contribution in [0.4, 0.5) is 0 Å². The van der Waals surface area contributed by atoms with Gasteiger partial charge in [0.2, 0.25) is 5.78 Å². The smallest absolute Gasteiger partial charge is 0.213 e. The molecule has 0 bridgehead atoms. The Kier molecular flexibility index (Phi) is 1.60. The van der Waals surface area contributed by atoms with Crippen LogP contribution in [0.2, 0.25) is 0 Å². The van der Waals surface area contributed by atoms with Crippen LogP contribution in [-0.4, -0.2) is 14.4 Å². The Morgan fingerprint density at radius 1 is 1.35 bits per heavy atom. The topological polar surface area (TPSA) is 33.1 Å². The molecule has 84 valence electrons. The third-order valence-electron chi connectivity index (χ3n) is 3.58. The van der Waals surface area contributed by atoms with Gasteiger partial charge in [0.1, 0.15) is 0 Å². The molecule has 0 fully saturated rings. The van der Waals surface area contributed by atoms with Crippen molar-refractivity contribution in [2.45, 2.75) is 19.3 Å². The van der Waals surface area contributed by atoms with Gasteiger partial charge >= 0.3 is 0 Å². The van der Waals surface area contributed by atoms with Gasteiger partial charge in [-0.25, -0.2) is 4.98 Å². The molecule has 3 nitrogen and oxygen atoms in total. The predicted octanol–water partition coefficient (Wildman–Crippen LogP) is 3.34. The SMILES string of the molecule is CC1CC=Cc2c1[nH]c1nc3ccccc3n21. The Hall–Kier alpha value is -2.03.